The Morgan fingerprint density at radius 3 is 2.54 bits per heavy atom. The van der Waals surface area contributed by atoms with Crippen LogP contribution in [-0.4, -0.2) is 67.3 Å². The Kier molecular flexibility index (Phi) is 7.67. The van der Waals surface area contributed by atoms with Gasteiger partial charge >= 0.3 is 12.1 Å². The molecule has 0 bridgehead atoms. The third kappa shape index (κ3) is 5.73. The van der Waals surface area contributed by atoms with E-state index in [1.807, 2.05) is 41.3 Å². The van der Waals surface area contributed by atoms with E-state index in [2.05, 4.69) is 44.2 Å². The quantitative estimate of drug-likeness (QED) is 0.270. The van der Waals surface area contributed by atoms with Crippen molar-refractivity contribution in [1.82, 2.24) is 24.0 Å². The van der Waals surface area contributed by atoms with Gasteiger partial charge in [-0.25, -0.2) is 9.78 Å². The molecule has 1 aromatic carbocycles. The number of aromatic nitrogens is 4. The van der Waals surface area contributed by atoms with Gasteiger partial charge in [-0.3, -0.25) is 9.48 Å². The maximum Gasteiger partial charge on any atom is 0.490 e. The summed E-state index contributed by atoms with van der Waals surface area (Å²) in [4.78, 5) is 27.1. The summed E-state index contributed by atoms with van der Waals surface area (Å²) in [6.07, 6.45) is 4.46. The topological polar surface area (TPSA) is 126 Å². The summed E-state index contributed by atoms with van der Waals surface area (Å²) in [5.41, 5.74) is 3.72. The van der Waals surface area contributed by atoms with E-state index in [1.165, 1.54) is 11.5 Å². The molecule has 10 nitrogen and oxygen atoms in total. The molecule has 6 rings (SSSR count). The van der Waals surface area contributed by atoms with Crippen LogP contribution in [0.15, 0.2) is 53.5 Å². The molecule has 0 atom stereocenters. The number of carboxylic acid groups (broad SMARTS) is 1. The summed E-state index contributed by atoms with van der Waals surface area (Å²) in [5.74, 6) is -1.12. The smallest absolute Gasteiger partial charge is 0.475 e. The number of likely N-dealkylation sites (tertiary alicyclic amines) is 1. The van der Waals surface area contributed by atoms with Crippen molar-refractivity contribution in [1.29, 1.82) is 0 Å². The van der Waals surface area contributed by atoms with Gasteiger partial charge in [0, 0.05) is 73.1 Å². The molecule has 5 heterocycles. The fourth-order valence-corrected chi connectivity index (χ4v) is 5.54. The lowest BCUT2D eigenvalue weighted by molar-refractivity contribution is -0.192. The van der Waals surface area contributed by atoms with Gasteiger partial charge in [0.15, 0.2) is 11.4 Å². The van der Waals surface area contributed by atoms with Gasteiger partial charge in [0.1, 0.15) is 5.76 Å². The standard InChI is InChI=1S/C25H24N6O2S.C2HF3O2/c1-15(32)30-8-6-18(7-9-30)31-14-17(11-28-31)21-13-27-25(26-2)23-20(21)10-22(33-23)19-5-3-4-16-12-29-34-24(16)19;3-2(4,5)1(6)7/h3-5,10-14,18H,6-9H2,1-2H3,(H,26,27);(H,6,7). The van der Waals surface area contributed by atoms with Crippen LogP contribution in [0.1, 0.15) is 25.8 Å². The van der Waals surface area contributed by atoms with Gasteiger partial charge in [-0.2, -0.15) is 22.6 Å². The number of alkyl halides is 3. The molecule has 2 N–H and O–H groups in total. The van der Waals surface area contributed by atoms with E-state index >= 15 is 0 Å². The van der Waals surface area contributed by atoms with Crippen molar-refractivity contribution >= 4 is 50.3 Å². The highest BCUT2D eigenvalue weighted by atomic mass is 32.1. The molecule has 41 heavy (non-hydrogen) atoms. The molecule has 1 fully saturated rings. The molecule has 0 radical (unpaired) electrons. The van der Waals surface area contributed by atoms with Crippen LogP contribution in [0.2, 0.25) is 0 Å². The monoisotopic (exact) mass is 586 g/mol. The van der Waals surface area contributed by atoms with Crippen molar-refractivity contribution in [3.05, 3.63) is 49.1 Å². The van der Waals surface area contributed by atoms with Gasteiger partial charge in [0.2, 0.25) is 5.91 Å². The Morgan fingerprint density at radius 1 is 1.15 bits per heavy atom. The first-order valence-corrected chi connectivity index (χ1v) is 13.4. The average Bonchev–Trinajstić information content (AvgIpc) is 3.72. The molecule has 1 amide bonds. The maximum atomic E-state index is 11.6. The Hall–Kier alpha value is -4.46. The molecule has 214 valence electrons. The van der Waals surface area contributed by atoms with Crippen molar-refractivity contribution in [2.45, 2.75) is 32.0 Å². The summed E-state index contributed by atoms with van der Waals surface area (Å²) in [5, 5.41) is 17.0. The Balaban J connectivity index is 0.000000431. The van der Waals surface area contributed by atoms with Crippen LogP contribution in [0.25, 0.3) is 43.5 Å². The highest BCUT2D eigenvalue weighted by Gasteiger charge is 2.38. The molecule has 5 aromatic rings. The fraction of sp³-hybridized carbons (Fsp3) is 0.296. The van der Waals surface area contributed by atoms with E-state index in [4.69, 9.17) is 14.3 Å². The lowest BCUT2D eigenvalue weighted by atomic mass is 10.0. The SMILES string of the molecule is CNc1ncc(-c2cnn(C3CCN(C(C)=O)CC3)c2)c2cc(-c3cccc4cnsc34)oc12.O=C(O)C(F)(F)F. The average molecular weight is 587 g/mol. The third-order valence-electron chi connectivity index (χ3n) is 6.88. The number of piperidine rings is 1. The van der Waals surface area contributed by atoms with E-state index in [1.54, 1.807) is 6.92 Å². The van der Waals surface area contributed by atoms with Crippen LogP contribution in [0.5, 0.6) is 0 Å². The van der Waals surface area contributed by atoms with Gasteiger partial charge in [-0.05, 0) is 36.5 Å². The number of carboxylic acids is 1. The molecular weight excluding hydrogens is 561 g/mol. The van der Waals surface area contributed by atoms with Gasteiger partial charge < -0.3 is 19.7 Å². The number of rotatable bonds is 4. The molecule has 1 saturated heterocycles. The first-order chi connectivity index (χ1) is 19.6. The number of nitrogens with zero attached hydrogens (tertiary/aromatic N) is 5. The number of carbonyl (C=O) groups excluding carboxylic acids is 1. The first-order valence-electron chi connectivity index (χ1n) is 12.6. The number of furan rings is 1. The van der Waals surface area contributed by atoms with Crippen LogP contribution in [0.3, 0.4) is 0 Å². The zero-order valence-corrected chi connectivity index (χ0v) is 22.8. The zero-order chi connectivity index (χ0) is 29.3. The number of amides is 1. The molecule has 0 unspecified atom stereocenters. The summed E-state index contributed by atoms with van der Waals surface area (Å²) in [6.45, 7) is 3.17. The second-order valence-electron chi connectivity index (χ2n) is 9.42. The maximum absolute atomic E-state index is 11.6. The number of carbonyl (C=O) groups is 2. The van der Waals surface area contributed by atoms with Crippen molar-refractivity contribution in [2.24, 2.45) is 0 Å². The molecule has 0 spiro atoms. The van der Waals surface area contributed by atoms with Crippen LogP contribution >= 0.6 is 11.5 Å². The lowest BCUT2D eigenvalue weighted by Gasteiger charge is -2.31. The Bertz CT molecular complexity index is 1720. The predicted octanol–water partition coefficient (Wildman–Crippen LogP) is 5.83. The normalized spacial score (nSPS) is 14.2. The first kappa shape index (κ1) is 28.1. The lowest BCUT2D eigenvalue weighted by Crippen LogP contribution is -2.37. The molecule has 4 aromatic heterocycles. The molecule has 1 aliphatic rings. The summed E-state index contributed by atoms with van der Waals surface area (Å²) >= 11 is 1.47. The minimum atomic E-state index is -5.08. The van der Waals surface area contributed by atoms with Crippen LogP contribution in [0.4, 0.5) is 19.0 Å². The van der Waals surface area contributed by atoms with Crippen molar-refractivity contribution in [2.75, 3.05) is 25.5 Å². The van der Waals surface area contributed by atoms with Gasteiger partial charge in [-0.15, -0.1) is 0 Å². The molecule has 0 aliphatic carbocycles. The minimum absolute atomic E-state index is 0.141. The Labute approximate surface area is 235 Å². The minimum Gasteiger partial charge on any atom is -0.475 e. The summed E-state index contributed by atoms with van der Waals surface area (Å²) in [7, 11) is 1.85. The number of nitrogens with one attached hydrogen (secondary N) is 1. The molecule has 14 heteroatoms. The number of hydrogen-bond donors (Lipinski definition) is 2. The van der Waals surface area contributed by atoms with Gasteiger partial charge in [0.25, 0.3) is 0 Å². The largest absolute Gasteiger partial charge is 0.490 e. The van der Waals surface area contributed by atoms with Crippen molar-refractivity contribution in [3.8, 4) is 22.5 Å². The third-order valence-corrected chi connectivity index (χ3v) is 7.73. The molecular formula is C27H25F3N6O4S. The predicted molar refractivity (Wildman–Crippen MR) is 148 cm³/mol. The number of hydrogen-bond acceptors (Lipinski definition) is 8. The number of benzene rings is 1. The van der Waals surface area contributed by atoms with E-state index in [9.17, 15) is 18.0 Å². The highest BCUT2D eigenvalue weighted by Crippen LogP contribution is 2.40. The van der Waals surface area contributed by atoms with Crippen LogP contribution < -0.4 is 5.32 Å². The summed E-state index contributed by atoms with van der Waals surface area (Å²) in [6, 6.07) is 8.53. The second-order valence-corrected chi connectivity index (χ2v) is 10.2. The molecule has 1 aliphatic heterocycles. The van der Waals surface area contributed by atoms with Crippen LogP contribution in [-0.2, 0) is 9.59 Å². The van der Waals surface area contributed by atoms with Crippen LogP contribution in [0, 0.1) is 0 Å². The number of fused-ring (bicyclic) bond motifs is 2. The van der Waals surface area contributed by atoms with E-state index in [0.717, 1.165) is 69.4 Å². The van der Waals surface area contributed by atoms with Crippen molar-refractivity contribution < 1.29 is 32.3 Å². The van der Waals surface area contributed by atoms with Gasteiger partial charge in [-0.1, -0.05) is 12.1 Å². The number of anilines is 1. The second kappa shape index (κ2) is 11.2. The van der Waals surface area contributed by atoms with E-state index < -0.39 is 12.1 Å². The van der Waals surface area contributed by atoms with E-state index in [0.29, 0.717) is 5.82 Å². The highest BCUT2D eigenvalue weighted by molar-refractivity contribution is 7.13. The summed E-state index contributed by atoms with van der Waals surface area (Å²) < 4.78 is 45.6. The zero-order valence-electron chi connectivity index (χ0n) is 22.0. The van der Waals surface area contributed by atoms with Gasteiger partial charge in [0.05, 0.1) is 16.9 Å². The fourth-order valence-electron chi connectivity index (χ4n) is 4.78. The number of pyridine rings is 1. The molecule has 0 saturated carbocycles. The number of aliphatic carboxylic acids is 1. The van der Waals surface area contributed by atoms with E-state index in [-0.39, 0.29) is 11.9 Å². The Morgan fingerprint density at radius 2 is 1.88 bits per heavy atom. The van der Waals surface area contributed by atoms with Crippen molar-refractivity contribution in [3.63, 3.8) is 0 Å². The number of halogens is 3.